The van der Waals surface area contributed by atoms with Gasteiger partial charge in [0.15, 0.2) is 0 Å². The number of rotatable bonds is 4. The largest absolute Gasteiger partial charge is 0.450 e. The van der Waals surface area contributed by atoms with E-state index in [4.69, 9.17) is 10.5 Å². The number of hydrogen-bond donors (Lipinski definition) is 1. The average Bonchev–Trinajstić information content (AvgIpc) is 2.27. The summed E-state index contributed by atoms with van der Waals surface area (Å²) in [5.74, 6) is 0. The summed E-state index contributed by atoms with van der Waals surface area (Å²) in [6.07, 6.45) is -0.300. The van der Waals surface area contributed by atoms with E-state index in [1.54, 1.807) is 11.8 Å². The molecule has 0 atom stereocenters. The number of nitrogens with zero attached hydrogens (tertiary/aromatic N) is 1. The molecule has 0 bridgehead atoms. The summed E-state index contributed by atoms with van der Waals surface area (Å²) in [7, 11) is 0. The van der Waals surface area contributed by atoms with Crippen LogP contribution in [-0.2, 0) is 11.3 Å². The highest BCUT2D eigenvalue weighted by atomic mass is 16.6. The Labute approximate surface area is 102 Å². The fourth-order valence-corrected chi connectivity index (χ4v) is 1.53. The minimum atomic E-state index is -0.300. The van der Waals surface area contributed by atoms with Crippen LogP contribution >= 0.6 is 0 Å². The van der Waals surface area contributed by atoms with Crippen molar-refractivity contribution in [2.24, 2.45) is 0 Å². The van der Waals surface area contributed by atoms with Gasteiger partial charge in [-0.15, -0.1) is 0 Å². The fourth-order valence-electron chi connectivity index (χ4n) is 1.53. The molecule has 0 spiro atoms. The Morgan fingerprint density at radius 2 is 2.06 bits per heavy atom. The molecule has 0 saturated carbocycles. The third-order valence-corrected chi connectivity index (χ3v) is 2.52. The van der Waals surface area contributed by atoms with Gasteiger partial charge >= 0.3 is 6.09 Å². The standard InChI is InChI=1S/C13H20N2O2/c1-4-17-13(16)15(10(2)3)9-11-7-5-6-8-12(11)14/h5-8,10H,4,9,14H2,1-3H3. The van der Waals surface area contributed by atoms with Crippen molar-refractivity contribution in [2.45, 2.75) is 33.4 Å². The Hall–Kier alpha value is -1.71. The smallest absolute Gasteiger partial charge is 0.410 e. The SMILES string of the molecule is CCOC(=O)N(Cc1ccccc1N)C(C)C. The molecule has 0 saturated heterocycles. The lowest BCUT2D eigenvalue weighted by Gasteiger charge is -2.26. The number of nitrogens with two attached hydrogens (primary N) is 1. The van der Waals surface area contributed by atoms with Gasteiger partial charge in [-0.3, -0.25) is 0 Å². The Morgan fingerprint density at radius 3 is 2.59 bits per heavy atom. The topological polar surface area (TPSA) is 55.6 Å². The molecule has 94 valence electrons. The molecule has 1 amide bonds. The number of hydrogen-bond acceptors (Lipinski definition) is 3. The van der Waals surface area contributed by atoms with Gasteiger partial charge in [-0.25, -0.2) is 4.79 Å². The van der Waals surface area contributed by atoms with Crippen LogP contribution in [-0.4, -0.2) is 23.6 Å². The van der Waals surface area contributed by atoms with Gasteiger partial charge in [-0.05, 0) is 32.4 Å². The highest BCUT2D eigenvalue weighted by Crippen LogP contribution is 2.15. The van der Waals surface area contributed by atoms with E-state index in [9.17, 15) is 4.79 Å². The summed E-state index contributed by atoms with van der Waals surface area (Å²) in [6.45, 7) is 6.56. The first-order valence-electron chi connectivity index (χ1n) is 5.83. The molecule has 4 nitrogen and oxygen atoms in total. The Bertz CT molecular complexity index is 377. The van der Waals surface area contributed by atoms with Gasteiger partial charge in [0.1, 0.15) is 0 Å². The lowest BCUT2D eigenvalue weighted by Crippen LogP contribution is -2.37. The zero-order valence-electron chi connectivity index (χ0n) is 10.6. The van der Waals surface area contributed by atoms with E-state index in [1.807, 2.05) is 38.1 Å². The minimum Gasteiger partial charge on any atom is -0.450 e. The molecule has 0 aliphatic rings. The predicted octanol–water partition coefficient (Wildman–Crippen LogP) is 2.64. The van der Waals surface area contributed by atoms with E-state index in [-0.39, 0.29) is 12.1 Å². The van der Waals surface area contributed by atoms with E-state index < -0.39 is 0 Å². The maximum Gasteiger partial charge on any atom is 0.410 e. The third-order valence-electron chi connectivity index (χ3n) is 2.52. The molecule has 0 aliphatic carbocycles. The number of nitrogen functional groups attached to an aromatic ring is 1. The molecule has 17 heavy (non-hydrogen) atoms. The van der Waals surface area contributed by atoms with E-state index in [2.05, 4.69) is 0 Å². The van der Waals surface area contributed by atoms with Gasteiger partial charge in [0.2, 0.25) is 0 Å². The van der Waals surface area contributed by atoms with Gasteiger partial charge in [0, 0.05) is 11.7 Å². The summed E-state index contributed by atoms with van der Waals surface area (Å²) in [5.41, 5.74) is 7.50. The van der Waals surface area contributed by atoms with Crippen LogP contribution in [0.3, 0.4) is 0 Å². The summed E-state index contributed by atoms with van der Waals surface area (Å²) >= 11 is 0. The molecule has 0 radical (unpaired) electrons. The fraction of sp³-hybridized carbons (Fsp3) is 0.462. The monoisotopic (exact) mass is 236 g/mol. The van der Waals surface area contributed by atoms with Crippen molar-refractivity contribution in [3.05, 3.63) is 29.8 Å². The maximum atomic E-state index is 11.8. The highest BCUT2D eigenvalue weighted by molar-refractivity contribution is 5.68. The zero-order valence-corrected chi connectivity index (χ0v) is 10.6. The van der Waals surface area contributed by atoms with Crippen molar-refractivity contribution >= 4 is 11.8 Å². The van der Waals surface area contributed by atoms with Crippen molar-refractivity contribution in [1.82, 2.24) is 4.90 Å². The van der Waals surface area contributed by atoms with Gasteiger partial charge < -0.3 is 15.4 Å². The minimum absolute atomic E-state index is 0.0775. The van der Waals surface area contributed by atoms with Crippen LogP contribution in [0.4, 0.5) is 10.5 Å². The van der Waals surface area contributed by atoms with Crippen LogP contribution in [0, 0.1) is 0 Å². The van der Waals surface area contributed by atoms with Crippen LogP contribution in [0.2, 0.25) is 0 Å². The maximum absolute atomic E-state index is 11.8. The van der Waals surface area contributed by atoms with Gasteiger partial charge in [0.25, 0.3) is 0 Å². The van der Waals surface area contributed by atoms with E-state index in [0.29, 0.717) is 18.8 Å². The lowest BCUT2D eigenvalue weighted by atomic mass is 10.1. The first-order valence-corrected chi connectivity index (χ1v) is 5.83. The van der Waals surface area contributed by atoms with E-state index >= 15 is 0 Å². The van der Waals surface area contributed by atoms with E-state index in [0.717, 1.165) is 5.56 Å². The van der Waals surface area contributed by atoms with E-state index in [1.165, 1.54) is 0 Å². The number of amides is 1. The molecule has 2 N–H and O–H groups in total. The molecule has 0 unspecified atom stereocenters. The molecule has 0 aliphatic heterocycles. The quantitative estimate of drug-likeness (QED) is 0.818. The van der Waals surface area contributed by atoms with Gasteiger partial charge in [-0.2, -0.15) is 0 Å². The molecule has 0 aromatic heterocycles. The summed E-state index contributed by atoms with van der Waals surface area (Å²) in [6, 6.07) is 7.62. The van der Waals surface area contributed by atoms with Crippen molar-refractivity contribution in [2.75, 3.05) is 12.3 Å². The molecule has 0 heterocycles. The Balaban J connectivity index is 2.81. The normalized spacial score (nSPS) is 10.4. The Kier molecular flexibility index (Phi) is 4.82. The second-order valence-corrected chi connectivity index (χ2v) is 4.12. The molecule has 1 rings (SSSR count). The number of anilines is 1. The average molecular weight is 236 g/mol. The van der Waals surface area contributed by atoms with Crippen LogP contribution in [0.15, 0.2) is 24.3 Å². The van der Waals surface area contributed by atoms with Crippen molar-refractivity contribution in [1.29, 1.82) is 0 Å². The van der Waals surface area contributed by atoms with Crippen LogP contribution in [0.1, 0.15) is 26.3 Å². The molecule has 0 fully saturated rings. The van der Waals surface area contributed by atoms with Crippen molar-refractivity contribution in [3.8, 4) is 0 Å². The van der Waals surface area contributed by atoms with Gasteiger partial charge in [-0.1, -0.05) is 18.2 Å². The van der Waals surface area contributed by atoms with Gasteiger partial charge in [0.05, 0.1) is 13.2 Å². The first-order chi connectivity index (χ1) is 8.06. The summed E-state index contributed by atoms with van der Waals surface area (Å²) < 4.78 is 5.02. The molecule has 1 aromatic carbocycles. The second-order valence-electron chi connectivity index (χ2n) is 4.12. The first kappa shape index (κ1) is 13.4. The number of carbonyl (C=O) groups excluding carboxylic acids is 1. The molecular weight excluding hydrogens is 216 g/mol. The van der Waals surface area contributed by atoms with Crippen LogP contribution in [0.5, 0.6) is 0 Å². The molecule has 1 aromatic rings. The molecular formula is C13H20N2O2. The number of carbonyl (C=O) groups is 1. The number of benzene rings is 1. The van der Waals surface area contributed by atoms with Crippen LogP contribution < -0.4 is 5.73 Å². The highest BCUT2D eigenvalue weighted by Gasteiger charge is 2.18. The predicted molar refractivity (Wildman–Crippen MR) is 68.6 cm³/mol. The van der Waals surface area contributed by atoms with Crippen molar-refractivity contribution < 1.29 is 9.53 Å². The summed E-state index contributed by atoms with van der Waals surface area (Å²) in [5, 5.41) is 0. The summed E-state index contributed by atoms with van der Waals surface area (Å²) in [4.78, 5) is 13.4. The number of ether oxygens (including phenoxy) is 1. The third kappa shape index (κ3) is 3.66. The second kappa shape index (κ2) is 6.13. The molecule has 4 heteroatoms. The van der Waals surface area contributed by atoms with Crippen LogP contribution in [0.25, 0.3) is 0 Å². The lowest BCUT2D eigenvalue weighted by molar-refractivity contribution is 0.0931. The van der Waals surface area contributed by atoms with Crippen molar-refractivity contribution in [3.63, 3.8) is 0 Å². The zero-order chi connectivity index (χ0) is 12.8. The Morgan fingerprint density at radius 1 is 1.41 bits per heavy atom. The number of para-hydroxylation sites is 1.